The first kappa shape index (κ1) is 13.5. The summed E-state index contributed by atoms with van der Waals surface area (Å²) in [6, 6.07) is 6.94. The van der Waals surface area contributed by atoms with E-state index in [9.17, 15) is 14.9 Å². The molecule has 0 N–H and O–H groups in total. The number of benzene rings is 1. The van der Waals surface area contributed by atoms with Crippen molar-refractivity contribution < 1.29 is 9.72 Å². The highest BCUT2D eigenvalue weighted by Gasteiger charge is 2.27. The number of carbonyl (C=O) groups is 1. The molecule has 2 heterocycles. The van der Waals surface area contributed by atoms with E-state index in [0.717, 1.165) is 25.7 Å². The van der Waals surface area contributed by atoms with Gasteiger partial charge in [0.05, 0.1) is 15.8 Å². The van der Waals surface area contributed by atoms with E-state index >= 15 is 0 Å². The molecular weight excluding hydrogens is 270 g/mol. The van der Waals surface area contributed by atoms with Crippen LogP contribution >= 0.6 is 0 Å². The number of anilines is 1. The first-order chi connectivity index (χ1) is 10.2. The van der Waals surface area contributed by atoms with Crippen molar-refractivity contribution in [1.82, 2.24) is 4.98 Å². The lowest BCUT2D eigenvalue weighted by Gasteiger charge is -2.31. The molecule has 0 saturated carbocycles. The summed E-state index contributed by atoms with van der Waals surface area (Å²) in [7, 11) is 0. The first-order valence-corrected chi connectivity index (χ1v) is 6.93. The average Bonchev–Trinajstić information content (AvgIpc) is 2.53. The van der Waals surface area contributed by atoms with Crippen molar-refractivity contribution in [1.29, 1.82) is 0 Å². The van der Waals surface area contributed by atoms with E-state index < -0.39 is 0 Å². The van der Waals surface area contributed by atoms with Crippen LogP contribution in [0.25, 0.3) is 10.9 Å². The second-order valence-corrected chi connectivity index (χ2v) is 5.24. The van der Waals surface area contributed by atoms with Gasteiger partial charge in [-0.3, -0.25) is 15.1 Å². The summed E-state index contributed by atoms with van der Waals surface area (Å²) in [5, 5.41) is 12.0. The lowest BCUT2D eigenvalue weighted by Crippen LogP contribution is -2.36. The largest absolute Gasteiger partial charge is 0.365 e. The predicted molar refractivity (Wildman–Crippen MR) is 79.4 cm³/mol. The predicted octanol–water partition coefficient (Wildman–Crippen LogP) is 2.56. The van der Waals surface area contributed by atoms with Crippen molar-refractivity contribution in [3.63, 3.8) is 0 Å². The summed E-state index contributed by atoms with van der Waals surface area (Å²) in [4.78, 5) is 28.3. The van der Waals surface area contributed by atoms with E-state index in [2.05, 4.69) is 4.98 Å². The van der Waals surface area contributed by atoms with Crippen molar-refractivity contribution in [3.05, 3.63) is 40.6 Å². The van der Waals surface area contributed by atoms with E-state index in [4.69, 9.17) is 0 Å². The first-order valence-electron chi connectivity index (χ1n) is 6.93. The molecule has 21 heavy (non-hydrogen) atoms. The highest BCUT2D eigenvalue weighted by Crippen LogP contribution is 2.36. The number of hydrogen-bond acceptors (Lipinski definition) is 5. The Balaban J connectivity index is 2.11. The number of nitro groups is 1. The third-order valence-electron chi connectivity index (χ3n) is 3.91. The van der Waals surface area contributed by atoms with Crippen LogP contribution in [0.5, 0.6) is 0 Å². The number of carbonyl (C=O) groups excluding carboxylic acids is 1. The van der Waals surface area contributed by atoms with Gasteiger partial charge in [-0.1, -0.05) is 0 Å². The van der Waals surface area contributed by atoms with E-state index in [1.54, 1.807) is 30.5 Å². The Morgan fingerprint density at radius 3 is 3.00 bits per heavy atom. The summed E-state index contributed by atoms with van der Waals surface area (Å²) < 4.78 is 0. The minimum atomic E-state index is -0.357. The van der Waals surface area contributed by atoms with Crippen molar-refractivity contribution in [2.75, 3.05) is 18.0 Å². The third kappa shape index (κ3) is 2.44. The van der Waals surface area contributed by atoms with Crippen LogP contribution in [-0.2, 0) is 4.79 Å². The minimum Gasteiger partial charge on any atom is -0.365 e. The number of aldehydes is 1. The molecular formula is C15H15N3O3. The molecule has 1 atom stereocenters. The number of piperidine rings is 1. The highest BCUT2D eigenvalue weighted by molar-refractivity contribution is 5.94. The van der Waals surface area contributed by atoms with Gasteiger partial charge in [0.15, 0.2) is 0 Å². The summed E-state index contributed by atoms with van der Waals surface area (Å²) in [6.07, 6.45) is 4.28. The zero-order valence-electron chi connectivity index (χ0n) is 11.4. The quantitative estimate of drug-likeness (QED) is 0.492. The van der Waals surface area contributed by atoms with Crippen LogP contribution in [0.15, 0.2) is 30.5 Å². The van der Waals surface area contributed by atoms with E-state index in [0.29, 0.717) is 23.1 Å². The SMILES string of the molecule is O=CC1CCCN(c2ccc3ncccc3c2[N+](=O)[O-])C1. The number of pyridine rings is 1. The molecule has 1 aromatic carbocycles. The lowest BCUT2D eigenvalue weighted by atomic mass is 9.98. The van der Waals surface area contributed by atoms with Crippen molar-refractivity contribution in [3.8, 4) is 0 Å². The fourth-order valence-electron chi connectivity index (χ4n) is 2.91. The summed E-state index contributed by atoms with van der Waals surface area (Å²) in [6.45, 7) is 1.27. The Morgan fingerprint density at radius 1 is 1.38 bits per heavy atom. The molecule has 1 aliphatic rings. The number of fused-ring (bicyclic) bond motifs is 1. The Morgan fingerprint density at radius 2 is 2.24 bits per heavy atom. The monoisotopic (exact) mass is 285 g/mol. The molecule has 6 heteroatoms. The lowest BCUT2D eigenvalue weighted by molar-refractivity contribution is -0.382. The van der Waals surface area contributed by atoms with Crippen LogP contribution in [0.2, 0.25) is 0 Å². The topological polar surface area (TPSA) is 76.3 Å². The van der Waals surface area contributed by atoms with Crippen molar-refractivity contribution in [2.45, 2.75) is 12.8 Å². The smallest absolute Gasteiger partial charge is 0.301 e. The van der Waals surface area contributed by atoms with Crippen LogP contribution in [0.1, 0.15) is 12.8 Å². The van der Waals surface area contributed by atoms with Crippen LogP contribution in [-0.4, -0.2) is 29.3 Å². The van der Waals surface area contributed by atoms with Gasteiger partial charge >= 0.3 is 5.69 Å². The van der Waals surface area contributed by atoms with Gasteiger partial charge in [-0.05, 0) is 37.1 Å². The molecule has 108 valence electrons. The normalized spacial score (nSPS) is 18.7. The van der Waals surface area contributed by atoms with E-state index in [1.807, 2.05) is 4.90 Å². The molecule has 0 amide bonds. The fourth-order valence-corrected chi connectivity index (χ4v) is 2.91. The maximum absolute atomic E-state index is 11.5. The number of nitro benzene ring substituents is 1. The van der Waals surface area contributed by atoms with Gasteiger partial charge in [0.2, 0.25) is 0 Å². The van der Waals surface area contributed by atoms with Crippen LogP contribution in [0, 0.1) is 16.0 Å². The van der Waals surface area contributed by atoms with E-state index in [1.165, 1.54) is 0 Å². The van der Waals surface area contributed by atoms with Gasteiger partial charge in [-0.15, -0.1) is 0 Å². The Labute approximate surface area is 121 Å². The van der Waals surface area contributed by atoms with Crippen molar-refractivity contribution in [2.24, 2.45) is 5.92 Å². The number of hydrogen-bond donors (Lipinski definition) is 0. The Hall–Kier alpha value is -2.50. The van der Waals surface area contributed by atoms with Crippen LogP contribution < -0.4 is 4.90 Å². The van der Waals surface area contributed by atoms with Gasteiger partial charge in [0.25, 0.3) is 0 Å². The maximum Gasteiger partial charge on any atom is 0.301 e. The molecule has 1 unspecified atom stereocenters. The summed E-state index contributed by atoms with van der Waals surface area (Å²) in [5.74, 6) is -0.0528. The van der Waals surface area contributed by atoms with Gasteiger partial charge < -0.3 is 9.69 Å². The number of nitrogens with zero attached hydrogens (tertiary/aromatic N) is 3. The molecule has 1 fully saturated rings. The van der Waals surface area contributed by atoms with Gasteiger partial charge in [0.1, 0.15) is 12.0 Å². The molecule has 2 aromatic rings. The molecule has 0 radical (unpaired) electrons. The molecule has 1 saturated heterocycles. The molecule has 0 aliphatic carbocycles. The Bertz CT molecular complexity index is 702. The maximum atomic E-state index is 11.5. The van der Waals surface area contributed by atoms with Gasteiger partial charge in [-0.25, -0.2) is 0 Å². The van der Waals surface area contributed by atoms with Crippen molar-refractivity contribution >= 4 is 28.6 Å². The zero-order chi connectivity index (χ0) is 14.8. The Kier molecular flexibility index (Phi) is 3.51. The molecule has 1 aromatic heterocycles. The molecule has 3 rings (SSSR count). The summed E-state index contributed by atoms with van der Waals surface area (Å²) >= 11 is 0. The number of rotatable bonds is 3. The zero-order valence-corrected chi connectivity index (χ0v) is 11.4. The molecule has 6 nitrogen and oxygen atoms in total. The average molecular weight is 285 g/mol. The number of aromatic nitrogens is 1. The van der Waals surface area contributed by atoms with Crippen LogP contribution in [0.3, 0.4) is 0 Å². The van der Waals surface area contributed by atoms with Gasteiger partial charge in [-0.2, -0.15) is 0 Å². The van der Waals surface area contributed by atoms with Crippen LogP contribution in [0.4, 0.5) is 11.4 Å². The third-order valence-corrected chi connectivity index (χ3v) is 3.91. The molecule has 0 bridgehead atoms. The van der Waals surface area contributed by atoms with Gasteiger partial charge in [0, 0.05) is 25.2 Å². The minimum absolute atomic E-state index is 0.0528. The summed E-state index contributed by atoms with van der Waals surface area (Å²) in [5.41, 5.74) is 1.26. The fraction of sp³-hybridized carbons (Fsp3) is 0.333. The molecule has 0 spiro atoms. The molecule has 1 aliphatic heterocycles. The standard InChI is InChI=1S/C15H15N3O3/c19-10-11-3-2-8-17(9-11)14-6-5-13-12(4-1-7-16-13)15(14)18(20)21/h1,4-7,10-11H,2-3,8-9H2. The second-order valence-electron chi connectivity index (χ2n) is 5.24. The highest BCUT2D eigenvalue weighted by atomic mass is 16.6. The second kappa shape index (κ2) is 5.47. The van der Waals surface area contributed by atoms with E-state index in [-0.39, 0.29) is 16.5 Å².